The Labute approximate surface area is 222 Å². The molecule has 188 valence electrons. The first-order valence-electron chi connectivity index (χ1n) is 11.6. The largest absolute Gasteiger partial charge is 0.454 e. The average molecular weight is 526 g/mol. The van der Waals surface area contributed by atoms with E-state index in [0.717, 1.165) is 26.8 Å². The van der Waals surface area contributed by atoms with Crippen LogP contribution in [0.4, 0.5) is 10.1 Å². The van der Waals surface area contributed by atoms with E-state index in [1.54, 1.807) is 23.9 Å². The number of Topliss-reactive ketones (excluding diaryl/α,β-unsaturated/α-hetero) is 1. The van der Waals surface area contributed by atoms with E-state index in [2.05, 4.69) is 0 Å². The maximum absolute atomic E-state index is 13.1. The molecule has 1 aliphatic rings. The van der Waals surface area contributed by atoms with Crippen molar-refractivity contribution >= 4 is 41.0 Å². The van der Waals surface area contributed by atoms with Crippen LogP contribution in [0, 0.1) is 12.7 Å². The van der Waals surface area contributed by atoms with Gasteiger partial charge in [-0.05, 0) is 85.8 Å². The Morgan fingerprint density at radius 1 is 0.763 bits per heavy atom. The molecule has 1 aliphatic heterocycles. The molecule has 8 heteroatoms. The molecule has 6 nitrogen and oxygen atoms in total. The van der Waals surface area contributed by atoms with Gasteiger partial charge in [0, 0.05) is 15.4 Å². The first-order chi connectivity index (χ1) is 18.3. The number of fused-ring (bicyclic) bond motifs is 1. The number of carbonyl (C=O) groups excluding carboxylic acids is 4. The van der Waals surface area contributed by atoms with E-state index in [-0.39, 0.29) is 22.3 Å². The number of benzene rings is 4. The smallest absolute Gasteiger partial charge is 0.338 e. The Morgan fingerprint density at radius 3 is 2.00 bits per heavy atom. The van der Waals surface area contributed by atoms with Crippen molar-refractivity contribution in [3.05, 3.63) is 125 Å². The zero-order valence-corrected chi connectivity index (χ0v) is 21.0. The quantitative estimate of drug-likeness (QED) is 0.164. The highest BCUT2D eigenvalue weighted by molar-refractivity contribution is 7.99. The number of nitrogens with zero attached hydrogens (tertiary/aromatic N) is 1. The molecule has 38 heavy (non-hydrogen) atoms. The van der Waals surface area contributed by atoms with Crippen LogP contribution in [0.25, 0.3) is 0 Å². The first-order valence-corrected chi connectivity index (χ1v) is 12.4. The molecule has 0 radical (unpaired) electrons. The predicted octanol–water partition coefficient (Wildman–Crippen LogP) is 6.13. The molecule has 0 saturated carbocycles. The number of hydrogen-bond acceptors (Lipinski definition) is 6. The van der Waals surface area contributed by atoms with Crippen LogP contribution in [0.3, 0.4) is 0 Å². The van der Waals surface area contributed by atoms with Crippen LogP contribution in [0.15, 0.2) is 101 Å². The molecular weight excluding hydrogens is 505 g/mol. The fraction of sp³-hybridized carbons (Fsp3) is 0.0667. The highest BCUT2D eigenvalue weighted by atomic mass is 32.2. The predicted molar refractivity (Wildman–Crippen MR) is 140 cm³/mol. The van der Waals surface area contributed by atoms with Gasteiger partial charge in [-0.1, -0.05) is 29.5 Å². The van der Waals surface area contributed by atoms with Crippen LogP contribution < -0.4 is 4.90 Å². The molecule has 0 bridgehead atoms. The lowest BCUT2D eigenvalue weighted by Gasteiger charge is -2.14. The van der Waals surface area contributed by atoms with E-state index in [1.165, 1.54) is 35.9 Å². The monoisotopic (exact) mass is 525 g/mol. The Balaban J connectivity index is 1.27. The third-order valence-electron chi connectivity index (χ3n) is 5.97. The molecule has 0 aliphatic carbocycles. The summed E-state index contributed by atoms with van der Waals surface area (Å²) in [5, 5.41) is 0. The molecule has 0 N–H and O–H groups in total. The van der Waals surface area contributed by atoms with Crippen molar-refractivity contribution in [2.24, 2.45) is 0 Å². The Hall–Kier alpha value is -4.56. The van der Waals surface area contributed by atoms with E-state index >= 15 is 0 Å². The van der Waals surface area contributed by atoms with Crippen LogP contribution >= 0.6 is 11.8 Å². The second-order valence-electron chi connectivity index (χ2n) is 8.62. The minimum atomic E-state index is -0.820. The van der Waals surface area contributed by atoms with E-state index in [1.807, 2.05) is 43.3 Å². The van der Waals surface area contributed by atoms with Gasteiger partial charge in [-0.2, -0.15) is 0 Å². The highest BCUT2D eigenvalue weighted by Gasteiger charge is 2.37. The lowest BCUT2D eigenvalue weighted by atomic mass is 10.1. The number of ether oxygens (including phenoxy) is 1. The van der Waals surface area contributed by atoms with Gasteiger partial charge in [-0.3, -0.25) is 14.4 Å². The summed E-state index contributed by atoms with van der Waals surface area (Å²) in [6.45, 7) is 1.47. The molecule has 0 spiro atoms. The SMILES string of the molecule is Cc1ccc(Sc2ccc(N3C(=O)c4ccc(C(=O)OCC(=O)c5ccc(F)cc5)cc4C3=O)cc2)cc1. The molecule has 0 unspecified atom stereocenters. The number of amides is 2. The lowest BCUT2D eigenvalue weighted by molar-refractivity contribution is 0.0474. The van der Waals surface area contributed by atoms with Gasteiger partial charge >= 0.3 is 5.97 Å². The van der Waals surface area contributed by atoms with Crippen LogP contribution in [-0.4, -0.2) is 30.2 Å². The van der Waals surface area contributed by atoms with Crippen molar-refractivity contribution in [1.29, 1.82) is 0 Å². The maximum Gasteiger partial charge on any atom is 0.338 e. The normalized spacial score (nSPS) is 12.4. The Kier molecular flexibility index (Phi) is 6.89. The summed E-state index contributed by atoms with van der Waals surface area (Å²) in [6.07, 6.45) is 0. The summed E-state index contributed by atoms with van der Waals surface area (Å²) >= 11 is 1.57. The standard InChI is InChI=1S/C30H20FNO5S/c1-18-2-11-23(12-3-18)38-24-13-9-22(10-14-24)32-28(34)25-15-6-20(16-26(25)29(32)35)30(36)37-17-27(33)19-4-7-21(31)8-5-19/h2-16H,17H2,1H3. The topological polar surface area (TPSA) is 80.8 Å². The molecule has 4 aromatic rings. The number of hydrogen-bond donors (Lipinski definition) is 0. The van der Waals surface area contributed by atoms with Gasteiger partial charge in [-0.25, -0.2) is 14.1 Å². The van der Waals surface area contributed by atoms with E-state index in [0.29, 0.717) is 5.69 Å². The molecule has 0 atom stereocenters. The number of aryl methyl sites for hydroxylation is 1. The summed E-state index contributed by atoms with van der Waals surface area (Å²) in [5.74, 6) is -2.85. The second-order valence-corrected chi connectivity index (χ2v) is 9.77. The van der Waals surface area contributed by atoms with Crippen molar-refractivity contribution in [2.45, 2.75) is 16.7 Å². The Morgan fingerprint density at radius 2 is 1.34 bits per heavy atom. The molecule has 2 amide bonds. The number of carbonyl (C=O) groups is 4. The zero-order valence-electron chi connectivity index (χ0n) is 20.1. The fourth-order valence-corrected chi connectivity index (χ4v) is 4.76. The van der Waals surface area contributed by atoms with Gasteiger partial charge in [0.25, 0.3) is 11.8 Å². The van der Waals surface area contributed by atoms with Crippen LogP contribution in [-0.2, 0) is 4.74 Å². The highest BCUT2D eigenvalue weighted by Crippen LogP contribution is 2.33. The second kappa shape index (κ2) is 10.4. The number of halogens is 1. The van der Waals surface area contributed by atoms with E-state index in [4.69, 9.17) is 4.74 Å². The minimum absolute atomic E-state index is 0.0310. The maximum atomic E-state index is 13.1. The molecule has 0 aromatic heterocycles. The molecular formula is C30H20FNO5S. The number of esters is 1. The van der Waals surface area contributed by atoms with Crippen molar-refractivity contribution in [1.82, 2.24) is 0 Å². The molecule has 0 fully saturated rings. The number of ketones is 1. The molecule has 4 aromatic carbocycles. The van der Waals surface area contributed by atoms with Crippen molar-refractivity contribution in [3.8, 4) is 0 Å². The summed E-state index contributed by atoms with van der Waals surface area (Å²) in [5.41, 5.74) is 2.07. The van der Waals surface area contributed by atoms with Crippen LogP contribution in [0.1, 0.15) is 47.0 Å². The van der Waals surface area contributed by atoms with E-state index < -0.39 is 36.0 Å². The van der Waals surface area contributed by atoms with Gasteiger partial charge in [0.05, 0.1) is 22.4 Å². The number of imide groups is 1. The fourth-order valence-electron chi connectivity index (χ4n) is 3.94. The van der Waals surface area contributed by atoms with Crippen molar-refractivity contribution in [2.75, 3.05) is 11.5 Å². The Bertz CT molecular complexity index is 1560. The zero-order chi connectivity index (χ0) is 26.8. The third-order valence-corrected chi connectivity index (χ3v) is 6.99. The van der Waals surface area contributed by atoms with Crippen molar-refractivity contribution < 1.29 is 28.3 Å². The van der Waals surface area contributed by atoms with Gasteiger partial charge in [0.1, 0.15) is 5.82 Å². The average Bonchev–Trinajstić information content (AvgIpc) is 3.18. The summed E-state index contributed by atoms with van der Waals surface area (Å²) in [6, 6.07) is 24.1. The molecule has 5 rings (SSSR count). The van der Waals surface area contributed by atoms with Gasteiger partial charge in [0.15, 0.2) is 12.4 Å². The third kappa shape index (κ3) is 5.12. The van der Waals surface area contributed by atoms with Crippen LogP contribution in [0.5, 0.6) is 0 Å². The number of anilines is 1. The molecule has 0 saturated heterocycles. The van der Waals surface area contributed by atoms with Crippen molar-refractivity contribution in [3.63, 3.8) is 0 Å². The van der Waals surface area contributed by atoms with Gasteiger partial charge < -0.3 is 4.74 Å². The summed E-state index contributed by atoms with van der Waals surface area (Å²) in [4.78, 5) is 54.0. The van der Waals surface area contributed by atoms with E-state index in [9.17, 15) is 23.6 Å². The first kappa shape index (κ1) is 25.1. The van der Waals surface area contributed by atoms with Gasteiger partial charge in [0.2, 0.25) is 0 Å². The summed E-state index contributed by atoms with van der Waals surface area (Å²) < 4.78 is 18.1. The lowest BCUT2D eigenvalue weighted by Crippen LogP contribution is -2.29. The van der Waals surface area contributed by atoms with Crippen LogP contribution in [0.2, 0.25) is 0 Å². The summed E-state index contributed by atoms with van der Waals surface area (Å²) in [7, 11) is 0. The number of rotatable bonds is 7. The van der Waals surface area contributed by atoms with Gasteiger partial charge in [-0.15, -0.1) is 0 Å². The minimum Gasteiger partial charge on any atom is -0.454 e. The molecule has 1 heterocycles.